The van der Waals surface area contributed by atoms with E-state index in [1.807, 2.05) is 6.92 Å². The predicted octanol–water partition coefficient (Wildman–Crippen LogP) is 3.12. The molecule has 0 aromatic heterocycles. The van der Waals surface area contributed by atoms with E-state index in [-0.39, 0.29) is 5.56 Å². The second-order valence-electron chi connectivity index (χ2n) is 3.31. The van der Waals surface area contributed by atoms with Crippen molar-refractivity contribution >= 4 is 6.08 Å². The highest BCUT2D eigenvalue weighted by Gasteiger charge is 2.10. The molecule has 1 N–H and O–H groups in total. The third-order valence-corrected chi connectivity index (χ3v) is 2.10. The lowest BCUT2D eigenvalue weighted by Gasteiger charge is -2.00. The molecule has 1 aromatic carbocycles. The molecule has 0 amide bonds. The van der Waals surface area contributed by atoms with Crippen molar-refractivity contribution in [2.75, 3.05) is 13.1 Å². The van der Waals surface area contributed by atoms with Gasteiger partial charge in [-0.2, -0.15) is 0 Å². The summed E-state index contributed by atoms with van der Waals surface area (Å²) in [5, 5.41) is 3.09. The lowest BCUT2D eigenvalue weighted by Crippen LogP contribution is -2.12. The first-order valence-corrected chi connectivity index (χ1v) is 5.17. The normalized spacial score (nSPS) is 11.2. The Kier molecular flexibility index (Phi) is 5.05. The number of nitrogens with one attached hydrogen (secondary N) is 1. The van der Waals surface area contributed by atoms with E-state index in [9.17, 15) is 13.2 Å². The largest absolute Gasteiger partial charge is 0.317 e. The molecule has 0 fully saturated rings. The third kappa shape index (κ3) is 3.38. The van der Waals surface area contributed by atoms with Crippen LogP contribution < -0.4 is 5.32 Å². The number of hydrogen-bond donors (Lipinski definition) is 1. The van der Waals surface area contributed by atoms with Crippen LogP contribution >= 0.6 is 0 Å². The molecule has 0 aliphatic carbocycles. The van der Waals surface area contributed by atoms with E-state index >= 15 is 0 Å². The van der Waals surface area contributed by atoms with Gasteiger partial charge in [-0.15, -0.1) is 0 Å². The van der Waals surface area contributed by atoms with Crippen LogP contribution in [0, 0.1) is 17.5 Å². The Bertz CT molecular complexity index is 375. The molecule has 0 spiro atoms. The van der Waals surface area contributed by atoms with Gasteiger partial charge in [0.05, 0.1) is 0 Å². The summed E-state index contributed by atoms with van der Waals surface area (Å²) in [5.41, 5.74) is 0.0652. The fourth-order valence-electron chi connectivity index (χ4n) is 1.24. The molecule has 0 bridgehead atoms. The lowest BCUT2D eigenvalue weighted by atomic mass is 10.1. The average Bonchev–Trinajstić information content (AvgIpc) is 2.28. The molecule has 4 heteroatoms. The Morgan fingerprint density at radius 2 is 1.94 bits per heavy atom. The highest BCUT2D eigenvalue weighted by molar-refractivity contribution is 5.50. The average molecular weight is 229 g/mol. The zero-order valence-electron chi connectivity index (χ0n) is 9.06. The number of benzene rings is 1. The minimum absolute atomic E-state index is 0.0652. The molecule has 1 rings (SSSR count). The van der Waals surface area contributed by atoms with Crippen LogP contribution in [0.1, 0.15) is 18.9 Å². The van der Waals surface area contributed by atoms with E-state index < -0.39 is 17.5 Å². The molecule has 0 heterocycles. The molecule has 0 unspecified atom stereocenters. The molecule has 0 atom stereocenters. The molecular formula is C12H14F3N. The van der Waals surface area contributed by atoms with Crippen molar-refractivity contribution in [1.82, 2.24) is 5.32 Å². The molecule has 0 radical (unpaired) electrons. The molecule has 0 aliphatic heterocycles. The standard InChI is InChI=1S/C12H14F3N/c1-2-16-8-4-3-5-9-6-7-10(13)12(15)11(9)14/h3,5-7,16H,2,4,8H2,1H3. The van der Waals surface area contributed by atoms with E-state index in [1.54, 1.807) is 6.08 Å². The third-order valence-electron chi connectivity index (χ3n) is 2.10. The number of rotatable bonds is 5. The van der Waals surface area contributed by atoms with Crippen LogP contribution in [0.3, 0.4) is 0 Å². The zero-order chi connectivity index (χ0) is 12.0. The van der Waals surface area contributed by atoms with Gasteiger partial charge in [-0.25, -0.2) is 13.2 Å². The van der Waals surface area contributed by atoms with Gasteiger partial charge in [0, 0.05) is 5.56 Å². The summed E-state index contributed by atoms with van der Waals surface area (Å²) in [5.74, 6) is -3.73. The summed E-state index contributed by atoms with van der Waals surface area (Å²) in [6.07, 6.45) is 3.89. The number of hydrogen-bond acceptors (Lipinski definition) is 1. The topological polar surface area (TPSA) is 12.0 Å². The van der Waals surface area contributed by atoms with Crippen LogP contribution in [0.25, 0.3) is 6.08 Å². The maximum absolute atomic E-state index is 13.2. The Morgan fingerprint density at radius 3 is 2.62 bits per heavy atom. The van der Waals surface area contributed by atoms with Crippen molar-refractivity contribution in [2.45, 2.75) is 13.3 Å². The van der Waals surface area contributed by atoms with E-state index in [0.717, 1.165) is 19.2 Å². The second-order valence-corrected chi connectivity index (χ2v) is 3.31. The summed E-state index contributed by atoms with van der Waals surface area (Å²) < 4.78 is 38.6. The summed E-state index contributed by atoms with van der Waals surface area (Å²) >= 11 is 0. The SMILES string of the molecule is CCNCCC=Cc1ccc(F)c(F)c1F. The van der Waals surface area contributed by atoms with E-state index in [2.05, 4.69) is 5.32 Å². The number of halogens is 3. The summed E-state index contributed by atoms with van der Waals surface area (Å²) in [4.78, 5) is 0. The quantitative estimate of drug-likeness (QED) is 0.604. The highest BCUT2D eigenvalue weighted by Crippen LogP contribution is 2.16. The summed E-state index contributed by atoms with van der Waals surface area (Å²) in [6.45, 7) is 3.63. The molecule has 88 valence electrons. The van der Waals surface area contributed by atoms with E-state index in [1.165, 1.54) is 12.1 Å². The van der Waals surface area contributed by atoms with Crippen LogP contribution in [-0.4, -0.2) is 13.1 Å². The van der Waals surface area contributed by atoms with Crippen LogP contribution in [-0.2, 0) is 0 Å². The Labute approximate surface area is 93.0 Å². The first-order valence-electron chi connectivity index (χ1n) is 5.17. The maximum atomic E-state index is 13.2. The lowest BCUT2D eigenvalue weighted by molar-refractivity contribution is 0.446. The van der Waals surface area contributed by atoms with Gasteiger partial charge in [0.2, 0.25) is 0 Å². The summed E-state index contributed by atoms with van der Waals surface area (Å²) in [6, 6.07) is 2.14. The van der Waals surface area contributed by atoms with Crippen molar-refractivity contribution < 1.29 is 13.2 Å². The van der Waals surface area contributed by atoms with Crippen molar-refractivity contribution in [2.24, 2.45) is 0 Å². The molecule has 0 saturated heterocycles. The van der Waals surface area contributed by atoms with Gasteiger partial charge >= 0.3 is 0 Å². The van der Waals surface area contributed by atoms with Gasteiger partial charge < -0.3 is 5.32 Å². The fraction of sp³-hybridized carbons (Fsp3) is 0.333. The van der Waals surface area contributed by atoms with Crippen molar-refractivity contribution in [3.63, 3.8) is 0 Å². The van der Waals surface area contributed by atoms with Gasteiger partial charge in [-0.1, -0.05) is 19.1 Å². The fourth-order valence-corrected chi connectivity index (χ4v) is 1.24. The smallest absolute Gasteiger partial charge is 0.195 e. The highest BCUT2D eigenvalue weighted by atomic mass is 19.2. The molecule has 0 saturated carbocycles. The zero-order valence-corrected chi connectivity index (χ0v) is 9.06. The van der Waals surface area contributed by atoms with E-state index in [4.69, 9.17) is 0 Å². The van der Waals surface area contributed by atoms with Crippen molar-refractivity contribution in [3.05, 3.63) is 41.2 Å². The van der Waals surface area contributed by atoms with Gasteiger partial charge in [0.15, 0.2) is 17.5 Å². The van der Waals surface area contributed by atoms with E-state index in [0.29, 0.717) is 6.42 Å². The van der Waals surface area contributed by atoms with Crippen LogP contribution in [0.2, 0.25) is 0 Å². The minimum atomic E-state index is -1.42. The predicted molar refractivity (Wildman–Crippen MR) is 58.5 cm³/mol. The Hall–Kier alpha value is -1.29. The van der Waals surface area contributed by atoms with Crippen molar-refractivity contribution in [3.8, 4) is 0 Å². The van der Waals surface area contributed by atoms with Gasteiger partial charge in [-0.3, -0.25) is 0 Å². The van der Waals surface area contributed by atoms with Gasteiger partial charge in [0.1, 0.15) is 0 Å². The van der Waals surface area contributed by atoms with Crippen LogP contribution in [0.5, 0.6) is 0 Å². The molecular weight excluding hydrogens is 215 g/mol. The van der Waals surface area contributed by atoms with Crippen LogP contribution in [0.4, 0.5) is 13.2 Å². The molecule has 16 heavy (non-hydrogen) atoms. The second kappa shape index (κ2) is 6.33. The molecule has 1 nitrogen and oxygen atoms in total. The first-order chi connectivity index (χ1) is 7.66. The van der Waals surface area contributed by atoms with Crippen molar-refractivity contribution in [1.29, 1.82) is 0 Å². The van der Waals surface area contributed by atoms with Gasteiger partial charge in [-0.05, 0) is 31.6 Å². The Morgan fingerprint density at radius 1 is 1.19 bits per heavy atom. The first kappa shape index (κ1) is 12.8. The molecule has 0 aliphatic rings. The minimum Gasteiger partial charge on any atom is -0.317 e. The Balaban J connectivity index is 2.64. The van der Waals surface area contributed by atoms with Gasteiger partial charge in [0.25, 0.3) is 0 Å². The maximum Gasteiger partial charge on any atom is 0.195 e. The van der Waals surface area contributed by atoms with Crippen LogP contribution in [0.15, 0.2) is 18.2 Å². The summed E-state index contributed by atoms with van der Waals surface area (Å²) in [7, 11) is 0. The monoisotopic (exact) mass is 229 g/mol. The molecule has 1 aromatic rings.